The zero-order chi connectivity index (χ0) is 25.8. The van der Waals surface area contributed by atoms with Crippen molar-refractivity contribution in [3.63, 3.8) is 0 Å². The molecule has 1 aliphatic carbocycles. The molecule has 1 aliphatic heterocycles. The van der Waals surface area contributed by atoms with Crippen LogP contribution in [0, 0.1) is 11.2 Å². The van der Waals surface area contributed by atoms with Crippen LogP contribution in [0.2, 0.25) is 0 Å². The number of alkyl halides is 2. The van der Waals surface area contributed by atoms with Crippen LogP contribution in [-0.4, -0.2) is 51.0 Å². The molecule has 1 aromatic carbocycles. The molecule has 0 bridgehead atoms. The Morgan fingerprint density at radius 2 is 1.83 bits per heavy atom. The van der Waals surface area contributed by atoms with Crippen LogP contribution in [0.4, 0.5) is 13.2 Å². The molecule has 2 atom stereocenters. The van der Waals surface area contributed by atoms with Gasteiger partial charge in [-0.2, -0.15) is 5.10 Å². The summed E-state index contributed by atoms with van der Waals surface area (Å²) >= 11 is 0. The Balaban J connectivity index is 1.56. The lowest BCUT2D eigenvalue weighted by atomic mass is 9.68. The zero-order valence-electron chi connectivity index (χ0n) is 20.4. The van der Waals surface area contributed by atoms with Crippen LogP contribution in [0.5, 0.6) is 0 Å². The van der Waals surface area contributed by atoms with Crippen molar-refractivity contribution in [3.05, 3.63) is 41.8 Å². The Kier molecular flexibility index (Phi) is 6.24. The van der Waals surface area contributed by atoms with Gasteiger partial charge in [0.05, 0.1) is 17.8 Å². The maximum atomic E-state index is 14.1. The number of likely N-dealkylation sites (tertiary alicyclic amines) is 1. The summed E-state index contributed by atoms with van der Waals surface area (Å²) in [5.74, 6) is -4.18. The molecule has 2 fully saturated rings. The quantitative estimate of drug-likeness (QED) is 0.671. The third kappa shape index (κ3) is 4.68. The van der Waals surface area contributed by atoms with E-state index in [4.69, 9.17) is 5.73 Å². The van der Waals surface area contributed by atoms with Crippen LogP contribution in [0.3, 0.4) is 0 Å². The molecule has 0 spiro atoms. The largest absolute Gasteiger partial charge is 0.344 e. The molecule has 190 valence electrons. The predicted octanol–water partition coefficient (Wildman–Crippen LogP) is 3.33. The Morgan fingerprint density at radius 1 is 1.20 bits per heavy atom. The van der Waals surface area contributed by atoms with Crippen molar-refractivity contribution in [3.8, 4) is 11.3 Å². The molecule has 10 heteroatoms. The highest BCUT2D eigenvalue weighted by Gasteiger charge is 2.59. The van der Waals surface area contributed by atoms with Crippen molar-refractivity contribution >= 4 is 11.8 Å². The summed E-state index contributed by atoms with van der Waals surface area (Å²) in [4.78, 5) is 27.8. The van der Waals surface area contributed by atoms with Gasteiger partial charge in [0.2, 0.25) is 11.8 Å². The third-order valence-corrected chi connectivity index (χ3v) is 7.13. The van der Waals surface area contributed by atoms with Gasteiger partial charge in [-0.1, -0.05) is 45.0 Å². The van der Waals surface area contributed by atoms with Crippen molar-refractivity contribution in [1.29, 1.82) is 0 Å². The SMILES string of the molecule is Cn1ncc(F)c1-c1ccc(C2(NC(=O)C3CCCN3C(=O)C(N)C(C)(C)C)CC(F)(F)C2)cc1. The molecule has 2 aliphatic rings. The van der Waals surface area contributed by atoms with Gasteiger partial charge >= 0.3 is 0 Å². The minimum absolute atomic E-state index is 0.281. The van der Waals surface area contributed by atoms with Crippen molar-refractivity contribution in [2.75, 3.05) is 6.54 Å². The number of hydrogen-bond donors (Lipinski definition) is 2. The van der Waals surface area contributed by atoms with Gasteiger partial charge in [-0.3, -0.25) is 14.3 Å². The highest BCUT2D eigenvalue weighted by atomic mass is 19.3. The summed E-state index contributed by atoms with van der Waals surface area (Å²) in [7, 11) is 1.61. The molecule has 1 aromatic heterocycles. The third-order valence-electron chi connectivity index (χ3n) is 7.13. The number of halogens is 3. The molecule has 3 N–H and O–H groups in total. The Morgan fingerprint density at radius 3 is 2.34 bits per heavy atom. The monoisotopic (exact) mass is 491 g/mol. The number of nitrogens with one attached hydrogen (secondary N) is 1. The summed E-state index contributed by atoms with van der Waals surface area (Å²) in [5, 5.41) is 6.72. The number of aryl methyl sites for hydroxylation is 1. The minimum atomic E-state index is -2.92. The molecule has 2 aromatic rings. The van der Waals surface area contributed by atoms with Crippen LogP contribution in [0.25, 0.3) is 11.3 Å². The summed E-state index contributed by atoms with van der Waals surface area (Å²) in [6.07, 6.45) is 1.09. The topological polar surface area (TPSA) is 93.2 Å². The number of benzene rings is 1. The lowest BCUT2D eigenvalue weighted by Gasteiger charge is -2.49. The van der Waals surface area contributed by atoms with Gasteiger partial charge in [-0.05, 0) is 23.8 Å². The summed E-state index contributed by atoms with van der Waals surface area (Å²) in [5.41, 5.74) is 5.73. The van der Waals surface area contributed by atoms with E-state index in [1.165, 1.54) is 9.58 Å². The van der Waals surface area contributed by atoms with E-state index in [9.17, 15) is 22.8 Å². The summed E-state index contributed by atoms with van der Waals surface area (Å²) in [6, 6.07) is 4.98. The number of rotatable bonds is 5. The summed E-state index contributed by atoms with van der Waals surface area (Å²) < 4.78 is 43.7. The minimum Gasteiger partial charge on any atom is -0.344 e. The standard InChI is InChI=1S/C25H32F3N5O2/c1-23(2,3)20(29)22(35)33-11-5-6-18(33)21(34)31-24(13-25(27,28)14-24)16-9-7-15(8-10-16)19-17(26)12-30-32(19)4/h7-10,12,18,20H,5-6,11,13-14,29H2,1-4H3,(H,31,34). The average Bonchev–Trinajstić information content (AvgIpc) is 3.37. The first-order chi connectivity index (χ1) is 16.2. The lowest BCUT2D eigenvalue weighted by Crippen LogP contribution is -2.63. The first kappa shape index (κ1) is 25.2. The average molecular weight is 492 g/mol. The first-order valence-corrected chi connectivity index (χ1v) is 11.8. The molecular formula is C25H32F3N5O2. The Labute approximate surface area is 202 Å². The molecular weight excluding hydrogens is 459 g/mol. The van der Waals surface area contributed by atoms with Crippen LogP contribution >= 0.6 is 0 Å². The molecule has 2 unspecified atom stereocenters. The van der Waals surface area contributed by atoms with Gasteiger partial charge in [-0.25, -0.2) is 13.2 Å². The number of hydrogen-bond acceptors (Lipinski definition) is 4. The van der Waals surface area contributed by atoms with Crippen LogP contribution < -0.4 is 11.1 Å². The number of nitrogens with zero attached hydrogens (tertiary/aromatic N) is 3. The molecule has 1 saturated carbocycles. The predicted molar refractivity (Wildman–Crippen MR) is 125 cm³/mol. The van der Waals surface area contributed by atoms with Crippen molar-refractivity contribution in [1.82, 2.24) is 20.0 Å². The van der Waals surface area contributed by atoms with Gasteiger partial charge in [0.25, 0.3) is 5.92 Å². The van der Waals surface area contributed by atoms with Gasteiger partial charge in [0, 0.05) is 32.0 Å². The van der Waals surface area contributed by atoms with Crippen LogP contribution in [0.1, 0.15) is 52.0 Å². The maximum Gasteiger partial charge on any atom is 0.253 e. The maximum absolute atomic E-state index is 14.1. The zero-order valence-corrected chi connectivity index (χ0v) is 20.4. The molecule has 4 rings (SSSR count). The van der Waals surface area contributed by atoms with E-state index >= 15 is 0 Å². The number of carbonyl (C=O) groups excluding carboxylic acids is 2. The second kappa shape index (κ2) is 8.65. The normalized spacial score (nSPS) is 21.9. The second-order valence-corrected chi connectivity index (χ2v) is 10.9. The first-order valence-electron chi connectivity index (χ1n) is 11.8. The van der Waals surface area contributed by atoms with E-state index in [1.807, 2.05) is 20.8 Å². The smallest absolute Gasteiger partial charge is 0.253 e. The van der Waals surface area contributed by atoms with Gasteiger partial charge in [-0.15, -0.1) is 0 Å². The van der Waals surface area contributed by atoms with E-state index in [0.29, 0.717) is 30.5 Å². The number of amides is 2. The fourth-order valence-corrected chi connectivity index (χ4v) is 5.05. The molecule has 0 radical (unpaired) electrons. The van der Waals surface area contributed by atoms with Crippen molar-refractivity contribution in [2.45, 2.75) is 70.0 Å². The second-order valence-electron chi connectivity index (χ2n) is 10.9. The molecule has 2 heterocycles. The molecule has 2 amide bonds. The van der Waals surface area contributed by atoms with Crippen LogP contribution in [-0.2, 0) is 22.2 Å². The number of nitrogens with two attached hydrogens (primary N) is 1. The molecule has 7 nitrogen and oxygen atoms in total. The van der Waals surface area contributed by atoms with Crippen molar-refractivity contribution in [2.24, 2.45) is 18.2 Å². The number of aromatic nitrogens is 2. The van der Waals surface area contributed by atoms with E-state index in [2.05, 4.69) is 10.4 Å². The van der Waals surface area contributed by atoms with E-state index in [1.54, 1.807) is 31.3 Å². The van der Waals surface area contributed by atoms with Crippen LogP contribution in [0.15, 0.2) is 30.5 Å². The summed E-state index contributed by atoms with van der Waals surface area (Å²) in [6.45, 7) is 5.96. The molecule has 35 heavy (non-hydrogen) atoms. The Hall–Kier alpha value is -2.88. The fourth-order valence-electron chi connectivity index (χ4n) is 5.05. The van der Waals surface area contributed by atoms with E-state index in [0.717, 1.165) is 6.20 Å². The van der Waals surface area contributed by atoms with Gasteiger partial charge in [0.15, 0.2) is 5.82 Å². The van der Waals surface area contributed by atoms with E-state index < -0.39 is 53.5 Å². The lowest BCUT2D eigenvalue weighted by molar-refractivity contribution is -0.155. The van der Waals surface area contributed by atoms with E-state index in [-0.39, 0.29) is 11.6 Å². The Bertz CT molecular complexity index is 1100. The van der Waals surface area contributed by atoms with Gasteiger partial charge < -0.3 is 16.0 Å². The highest BCUT2D eigenvalue weighted by molar-refractivity contribution is 5.91. The molecule has 1 saturated heterocycles. The highest BCUT2D eigenvalue weighted by Crippen LogP contribution is 2.52. The van der Waals surface area contributed by atoms with Gasteiger partial charge in [0.1, 0.15) is 11.7 Å². The fraction of sp³-hybridized carbons (Fsp3) is 0.560. The number of carbonyl (C=O) groups is 2. The van der Waals surface area contributed by atoms with Crippen molar-refractivity contribution < 1.29 is 22.8 Å².